The molecule has 0 N–H and O–H groups in total. The first-order chi connectivity index (χ1) is 8.83. The number of hydrogen-bond donors (Lipinski definition) is 0. The average molecular weight is 260 g/mol. The van der Waals surface area contributed by atoms with Crippen molar-refractivity contribution in [3.63, 3.8) is 0 Å². The van der Waals surface area contributed by atoms with E-state index < -0.39 is 0 Å². The van der Waals surface area contributed by atoms with Crippen molar-refractivity contribution in [2.75, 3.05) is 0 Å². The highest BCUT2D eigenvalue weighted by Gasteiger charge is 2.01. The van der Waals surface area contributed by atoms with Crippen LogP contribution in [0.15, 0.2) is 49.2 Å². The Morgan fingerprint density at radius 2 is 2.06 bits per heavy atom. The lowest BCUT2D eigenvalue weighted by Gasteiger charge is -2.06. The molecule has 2 aromatic heterocycles. The van der Waals surface area contributed by atoms with Gasteiger partial charge in [0.1, 0.15) is 0 Å². The van der Waals surface area contributed by atoms with Crippen molar-refractivity contribution in [1.29, 1.82) is 0 Å². The van der Waals surface area contributed by atoms with Gasteiger partial charge in [0.25, 0.3) is 0 Å². The summed E-state index contributed by atoms with van der Waals surface area (Å²) in [5, 5.41) is 1.99. The van der Waals surface area contributed by atoms with Crippen molar-refractivity contribution in [3.05, 3.63) is 54.2 Å². The highest BCUT2D eigenvalue weighted by molar-refractivity contribution is 6.31. The topological polar surface area (TPSA) is 22.8 Å². The van der Waals surface area contributed by atoms with Gasteiger partial charge in [-0.25, -0.2) is 4.98 Å². The molecule has 92 valence electrons. The second kappa shape index (κ2) is 4.86. The number of fused-ring (bicyclic) bond motifs is 1. The number of hydrogen-bond acceptors (Lipinski definition) is 1. The molecular weight excluding hydrogens is 246 g/mol. The summed E-state index contributed by atoms with van der Waals surface area (Å²) in [6.45, 7) is 2.00. The van der Waals surface area contributed by atoms with Crippen LogP contribution in [0.4, 0.5) is 0 Å². The molecule has 0 spiro atoms. The Balaban J connectivity index is 1.71. The summed E-state index contributed by atoms with van der Waals surface area (Å²) >= 11 is 5.98. The van der Waals surface area contributed by atoms with Gasteiger partial charge < -0.3 is 9.13 Å². The minimum Gasteiger partial charge on any atom is -0.347 e. The first-order valence-corrected chi connectivity index (χ1v) is 6.41. The number of benzene rings is 1. The van der Waals surface area contributed by atoms with Gasteiger partial charge >= 0.3 is 0 Å². The van der Waals surface area contributed by atoms with Crippen LogP contribution in [-0.4, -0.2) is 14.1 Å². The summed E-state index contributed by atoms with van der Waals surface area (Å²) in [6, 6.07) is 8.13. The van der Waals surface area contributed by atoms with Crippen LogP contribution in [0, 0.1) is 0 Å². The lowest BCUT2D eigenvalue weighted by molar-refractivity contribution is 0.573. The fourth-order valence-corrected chi connectivity index (χ4v) is 2.39. The molecule has 0 aliphatic rings. The summed E-state index contributed by atoms with van der Waals surface area (Å²) in [5.41, 5.74) is 1.24. The molecule has 0 radical (unpaired) electrons. The monoisotopic (exact) mass is 259 g/mol. The van der Waals surface area contributed by atoms with Gasteiger partial charge in [0.2, 0.25) is 0 Å². The third kappa shape index (κ3) is 2.27. The van der Waals surface area contributed by atoms with Crippen LogP contribution in [0.1, 0.15) is 6.42 Å². The predicted octanol–water partition coefficient (Wildman–Crippen LogP) is 3.58. The maximum Gasteiger partial charge on any atom is 0.0945 e. The summed E-state index contributed by atoms with van der Waals surface area (Å²) in [5.74, 6) is 0. The van der Waals surface area contributed by atoms with Gasteiger partial charge in [0.15, 0.2) is 0 Å². The van der Waals surface area contributed by atoms with Gasteiger partial charge in [-0.1, -0.05) is 11.6 Å². The first kappa shape index (κ1) is 11.4. The molecule has 0 bridgehead atoms. The molecule has 0 saturated heterocycles. The number of imidazole rings is 1. The Labute approximate surface area is 111 Å². The predicted molar refractivity (Wildman–Crippen MR) is 73.8 cm³/mol. The molecule has 4 heteroatoms. The van der Waals surface area contributed by atoms with E-state index in [1.165, 1.54) is 10.9 Å². The van der Waals surface area contributed by atoms with Gasteiger partial charge in [0, 0.05) is 47.6 Å². The summed E-state index contributed by atoms with van der Waals surface area (Å²) in [7, 11) is 0. The van der Waals surface area contributed by atoms with Crippen LogP contribution in [0.25, 0.3) is 10.9 Å². The van der Waals surface area contributed by atoms with Crippen molar-refractivity contribution in [2.45, 2.75) is 19.5 Å². The highest BCUT2D eigenvalue weighted by Crippen LogP contribution is 2.20. The van der Waals surface area contributed by atoms with Crippen LogP contribution in [0.5, 0.6) is 0 Å². The van der Waals surface area contributed by atoms with E-state index in [-0.39, 0.29) is 0 Å². The van der Waals surface area contributed by atoms with Gasteiger partial charge in [-0.05, 0) is 30.7 Å². The lowest BCUT2D eigenvalue weighted by atomic mass is 10.2. The molecule has 0 saturated carbocycles. The van der Waals surface area contributed by atoms with Crippen LogP contribution in [0.3, 0.4) is 0 Å². The lowest BCUT2D eigenvalue weighted by Crippen LogP contribution is -2.01. The molecule has 3 nitrogen and oxygen atoms in total. The largest absolute Gasteiger partial charge is 0.347 e. The smallest absolute Gasteiger partial charge is 0.0945 e. The van der Waals surface area contributed by atoms with E-state index >= 15 is 0 Å². The van der Waals surface area contributed by atoms with Crippen LogP contribution < -0.4 is 0 Å². The third-order valence-corrected chi connectivity index (χ3v) is 3.34. The van der Waals surface area contributed by atoms with Crippen molar-refractivity contribution in [1.82, 2.24) is 14.1 Å². The van der Waals surface area contributed by atoms with E-state index in [0.717, 1.165) is 24.5 Å². The van der Waals surface area contributed by atoms with E-state index in [9.17, 15) is 0 Å². The van der Waals surface area contributed by atoms with Crippen molar-refractivity contribution >= 4 is 22.5 Å². The van der Waals surface area contributed by atoms with E-state index in [1.54, 1.807) is 0 Å². The number of rotatable bonds is 4. The standard InChI is InChI=1S/C14H14ClN3/c15-13-2-3-14-12(10-13)4-8-18(14)7-1-6-17-9-5-16-11-17/h2-5,8-11H,1,6-7H2. The molecule has 0 unspecified atom stereocenters. The minimum atomic E-state index is 0.790. The molecule has 2 heterocycles. The molecule has 0 aliphatic heterocycles. The first-order valence-electron chi connectivity index (χ1n) is 6.03. The van der Waals surface area contributed by atoms with Crippen LogP contribution in [-0.2, 0) is 13.1 Å². The fraction of sp³-hybridized carbons (Fsp3) is 0.214. The second-order valence-corrected chi connectivity index (χ2v) is 4.80. The zero-order valence-electron chi connectivity index (χ0n) is 9.96. The number of halogens is 1. The molecule has 0 amide bonds. The molecule has 0 aliphatic carbocycles. The molecule has 1 aromatic carbocycles. The molecule has 0 fully saturated rings. The van der Waals surface area contributed by atoms with Crippen molar-refractivity contribution in [2.24, 2.45) is 0 Å². The van der Waals surface area contributed by atoms with Gasteiger partial charge in [-0.15, -0.1) is 0 Å². The third-order valence-electron chi connectivity index (χ3n) is 3.11. The van der Waals surface area contributed by atoms with E-state index in [4.69, 9.17) is 11.6 Å². The average Bonchev–Trinajstić information content (AvgIpc) is 2.99. The normalized spacial score (nSPS) is 11.2. The molecular formula is C14H14ClN3. The highest BCUT2D eigenvalue weighted by atomic mass is 35.5. The maximum atomic E-state index is 5.98. The van der Waals surface area contributed by atoms with Gasteiger partial charge in [0.05, 0.1) is 6.33 Å². The SMILES string of the molecule is Clc1ccc2c(ccn2CCCn2ccnc2)c1. The number of nitrogens with zero attached hydrogens (tertiary/aromatic N) is 3. The number of aromatic nitrogens is 3. The Kier molecular flexibility index (Phi) is 3.07. The molecule has 18 heavy (non-hydrogen) atoms. The minimum absolute atomic E-state index is 0.790. The van der Waals surface area contributed by atoms with E-state index in [2.05, 4.69) is 32.4 Å². The summed E-state index contributed by atoms with van der Waals surface area (Å²) in [6.07, 6.45) is 8.87. The van der Waals surface area contributed by atoms with Gasteiger partial charge in [-0.3, -0.25) is 0 Å². The fourth-order valence-electron chi connectivity index (χ4n) is 2.21. The molecule has 3 rings (SSSR count). The number of aryl methyl sites for hydroxylation is 2. The Morgan fingerprint density at radius 1 is 1.11 bits per heavy atom. The molecule has 0 atom stereocenters. The summed E-state index contributed by atoms with van der Waals surface area (Å²) < 4.78 is 4.37. The quantitative estimate of drug-likeness (QED) is 0.702. The Hall–Kier alpha value is -1.74. The van der Waals surface area contributed by atoms with E-state index in [1.807, 2.05) is 30.9 Å². The summed E-state index contributed by atoms with van der Waals surface area (Å²) in [4.78, 5) is 4.04. The van der Waals surface area contributed by atoms with Crippen LogP contribution >= 0.6 is 11.6 Å². The Morgan fingerprint density at radius 3 is 2.89 bits per heavy atom. The van der Waals surface area contributed by atoms with Crippen molar-refractivity contribution < 1.29 is 0 Å². The van der Waals surface area contributed by atoms with Gasteiger partial charge in [-0.2, -0.15) is 0 Å². The second-order valence-electron chi connectivity index (χ2n) is 4.37. The zero-order valence-corrected chi connectivity index (χ0v) is 10.7. The Bertz CT molecular complexity index is 640. The van der Waals surface area contributed by atoms with E-state index in [0.29, 0.717) is 0 Å². The molecule has 3 aromatic rings. The van der Waals surface area contributed by atoms with Crippen LogP contribution in [0.2, 0.25) is 5.02 Å². The van der Waals surface area contributed by atoms with Crippen molar-refractivity contribution in [3.8, 4) is 0 Å². The maximum absolute atomic E-state index is 5.98. The zero-order chi connectivity index (χ0) is 12.4.